The first kappa shape index (κ1) is 24.1. The zero-order valence-electron chi connectivity index (χ0n) is 20.7. The minimum Gasteiger partial charge on any atom is -0.399 e. The van der Waals surface area contributed by atoms with Crippen LogP contribution in [0.5, 0.6) is 0 Å². The van der Waals surface area contributed by atoms with Crippen LogP contribution >= 0.6 is 0 Å². The van der Waals surface area contributed by atoms with Crippen LogP contribution in [0.4, 0.5) is 11.4 Å². The lowest BCUT2D eigenvalue weighted by atomic mass is 9.76. The first-order valence-electron chi connectivity index (χ1n) is 13.4. The van der Waals surface area contributed by atoms with Crippen LogP contribution in [-0.4, -0.2) is 12.2 Å². The number of anilines is 2. The Morgan fingerprint density at radius 3 is 1.24 bits per heavy atom. The molecule has 2 aromatic carbocycles. The molecule has 0 aromatic heterocycles. The van der Waals surface area contributed by atoms with E-state index in [0.717, 1.165) is 11.4 Å². The lowest BCUT2D eigenvalue weighted by molar-refractivity contribution is -0.0992. The van der Waals surface area contributed by atoms with E-state index in [1.165, 1.54) is 75.3 Å². The van der Waals surface area contributed by atoms with Gasteiger partial charge in [-0.05, 0) is 72.9 Å². The maximum Gasteiger partial charge on any atom is 0.0673 e. The minimum absolute atomic E-state index is 0.247. The molecular weight excluding hydrogens is 404 g/mol. The number of nitrogen functional groups attached to an aromatic ring is 2. The Kier molecular flexibility index (Phi) is 8.35. The molecule has 0 saturated heterocycles. The van der Waals surface area contributed by atoms with E-state index < -0.39 is 0 Å². The van der Waals surface area contributed by atoms with Crippen LogP contribution in [0, 0.1) is 11.8 Å². The molecule has 0 radical (unpaired) electrons. The third-order valence-corrected chi connectivity index (χ3v) is 8.45. The number of benzene rings is 2. The molecule has 0 amide bonds. The minimum atomic E-state index is 0.247. The molecule has 4 unspecified atom stereocenters. The van der Waals surface area contributed by atoms with Crippen LogP contribution < -0.4 is 11.5 Å². The summed E-state index contributed by atoms with van der Waals surface area (Å²) in [5.41, 5.74) is 16.4. The topological polar surface area (TPSA) is 61.3 Å². The van der Waals surface area contributed by atoms with Gasteiger partial charge in [0.1, 0.15) is 0 Å². The summed E-state index contributed by atoms with van der Waals surface area (Å²) in [5, 5.41) is 0. The van der Waals surface area contributed by atoms with E-state index in [-0.39, 0.29) is 12.2 Å². The van der Waals surface area contributed by atoms with Crippen LogP contribution in [0.15, 0.2) is 48.5 Å². The standard InChI is InChI=1S/C30H44N2O/c1-21(23-13-17-27(31)18-14-23)29(25-9-5-3-6-10-25)33-30(26-11-7-4-8-12-26)22(2)24-15-19-28(32)20-16-24/h13-22,25-26,29-30H,3-12,31-32H2,1-2H3. The Morgan fingerprint density at radius 1 is 0.576 bits per heavy atom. The smallest absolute Gasteiger partial charge is 0.0673 e. The largest absolute Gasteiger partial charge is 0.399 e. The summed E-state index contributed by atoms with van der Waals surface area (Å²) in [6.07, 6.45) is 13.7. The van der Waals surface area contributed by atoms with E-state index in [2.05, 4.69) is 38.1 Å². The van der Waals surface area contributed by atoms with Gasteiger partial charge < -0.3 is 16.2 Å². The van der Waals surface area contributed by atoms with Gasteiger partial charge in [0, 0.05) is 23.2 Å². The normalized spacial score (nSPS) is 21.9. The van der Waals surface area contributed by atoms with Crippen LogP contribution in [0.2, 0.25) is 0 Å². The van der Waals surface area contributed by atoms with Gasteiger partial charge in [0.2, 0.25) is 0 Å². The van der Waals surface area contributed by atoms with Crippen molar-refractivity contribution >= 4 is 11.4 Å². The van der Waals surface area contributed by atoms with Crippen molar-refractivity contribution in [2.75, 3.05) is 11.5 Å². The maximum absolute atomic E-state index is 7.36. The van der Waals surface area contributed by atoms with Gasteiger partial charge in [-0.15, -0.1) is 0 Å². The Morgan fingerprint density at radius 2 is 0.909 bits per heavy atom. The van der Waals surface area contributed by atoms with Crippen molar-refractivity contribution in [2.45, 2.75) is 102 Å². The zero-order valence-corrected chi connectivity index (χ0v) is 20.7. The predicted molar refractivity (Wildman–Crippen MR) is 140 cm³/mol. The fraction of sp³-hybridized carbons (Fsp3) is 0.600. The number of hydrogen-bond acceptors (Lipinski definition) is 3. The maximum atomic E-state index is 7.36. The van der Waals surface area contributed by atoms with Crippen LogP contribution in [0.3, 0.4) is 0 Å². The van der Waals surface area contributed by atoms with Crippen molar-refractivity contribution in [3.05, 3.63) is 59.7 Å². The highest BCUT2D eigenvalue weighted by molar-refractivity contribution is 5.41. The Balaban J connectivity index is 1.63. The number of hydrogen-bond donors (Lipinski definition) is 2. The molecule has 2 aliphatic rings. The van der Waals surface area contributed by atoms with Crippen molar-refractivity contribution in [2.24, 2.45) is 11.8 Å². The van der Waals surface area contributed by atoms with Gasteiger partial charge >= 0.3 is 0 Å². The van der Waals surface area contributed by atoms with Gasteiger partial charge in [0.25, 0.3) is 0 Å². The summed E-state index contributed by atoms with van der Waals surface area (Å²) in [4.78, 5) is 0. The van der Waals surface area contributed by atoms with Crippen LogP contribution in [-0.2, 0) is 4.74 Å². The quantitative estimate of drug-likeness (QED) is 0.407. The van der Waals surface area contributed by atoms with E-state index >= 15 is 0 Å². The van der Waals surface area contributed by atoms with Gasteiger partial charge in [0.15, 0.2) is 0 Å². The first-order chi connectivity index (χ1) is 16.0. The van der Waals surface area contributed by atoms with E-state index in [0.29, 0.717) is 23.7 Å². The predicted octanol–water partition coefficient (Wildman–Crippen LogP) is 7.67. The summed E-state index contributed by atoms with van der Waals surface area (Å²) in [5.74, 6) is 1.99. The van der Waals surface area contributed by atoms with E-state index in [9.17, 15) is 0 Å². The van der Waals surface area contributed by atoms with Gasteiger partial charge in [-0.1, -0.05) is 76.6 Å². The third kappa shape index (κ3) is 6.12. The monoisotopic (exact) mass is 448 g/mol. The highest BCUT2D eigenvalue weighted by Gasteiger charge is 2.37. The van der Waals surface area contributed by atoms with Gasteiger partial charge in [-0.25, -0.2) is 0 Å². The number of ether oxygens (including phenoxy) is 1. The molecule has 2 aliphatic carbocycles. The summed E-state index contributed by atoms with van der Waals surface area (Å²) < 4.78 is 7.36. The SMILES string of the molecule is CC(c1ccc(N)cc1)C(OC(C1CCCCC1)C(C)c1ccc(N)cc1)C1CCCCC1. The van der Waals surface area contributed by atoms with Gasteiger partial charge in [-0.2, -0.15) is 0 Å². The highest BCUT2D eigenvalue weighted by atomic mass is 16.5. The third-order valence-electron chi connectivity index (χ3n) is 8.45. The summed E-state index contributed by atoms with van der Waals surface area (Å²) >= 11 is 0. The van der Waals surface area contributed by atoms with Crippen LogP contribution in [0.25, 0.3) is 0 Å². The average molecular weight is 449 g/mol. The molecule has 2 saturated carbocycles. The highest BCUT2D eigenvalue weighted by Crippen LogP contribution is 2.42. The van der Waals surface area contributed by atoms with E-state index in [4.69, 9.17) is 16.2 Å². The van der Waals surface area contributed by atoms with Crippen molar-refractivity contribution in [1.82, 2.24) is 0 Å². The Labute approximate surface area is 201 Å². The van der Waals surface area contributed by atoms with Crippen molar-refractivity contribution in [3.8, 4) is 0 Å². The van der Waals surface area contributed by atoms with Crippen molar-refractivity contribution in [1.29, 1.82) is 0 Å². The summed E-state index contributed by atoms with van der Waals surface area (Å²) in [7, 11) is 0. The molecule has 0 heterocycles. The lowest BCUT2D eigenvalue weighted by Crippen LogP contribution is -2.40. The fourth-order valence-corrected chi connectivity index (χ4v) is 6.36. The first-order valence-corrected chi connectivity index (χ1v) is 13.4. The molecule has 33 heavy (non-hydrogen) atoms. The average Bonchev–Trinajstić information content (AvgIpc) is 2.86. The molecule has 180 valence electrons. The molecular formula is C30H44N2O. The van der Waals surface area contributed by atoms with Crippen LogP contribution in [0.1, 0.15) is 101 Å². The molecule has 2 fully saturated rings. The lowest BCUT2D eigenvalue weighted by Gasteiger charge is -2.42. The van der Waals surface area contributed by atoms with Crippen molar-refractivity contribution < 1.29 is 4.74 Å². The number of nitrogens with two attached hydrogens (primary N) is 2. The molecule has 4 atom stereocenters. The molecule has 3 nitrogen and oxygen atoms in total. The number of rotatable bonds is 8. The molecule has 0 bridgehead atoms. The fourth-order valence-electron chi connectivity index (χ4n) is 6.36. The second-order valence-corrected chi connectivity index (χ2v) is 10.8. The van der Waals surface area contributed by atoms with Gasteiger partial charge in [0.05, 0.1) is 12.2 Å². The Bertz CT molecular complexity index is 763. The Hall–Kier alpha value is -2.00. The second-order valence-electron chi connectivity index (χ2n) is 10.8. The molecule has 4 rings (SSSR count). The molecule has 4 N–H and O–H groups in total. The van der Waals surface area contributed by atoms with E-state index in [1.54, 1.807) is 0 Å². The van der Waals surface area contributed by atoms with Crippen molar-refractivity contribution in [3.63, 3.8) is 0 Å². The molecule has 2 aromatic rings. The molecule has 0 aliphatic heterocycles. The molecule has 0 spiro atoms. The summed E-state index contributed by atoms with van der Waals surface area (Å²) in [6.45, 7) is 4.74. The van der Waals surface area contributed by atoms with Gasteiger partial charge in [-0.3, -0.25) is 0 Å². The van der Waals surface area contributed by atoms with E-state index in [1.807, 2.05) is 24.3 Å². The molecule has 3 heteroatoms. The zero-order chi connectivity index (χ0) is 23.2. The summed E-state index contributed by atoms with van der Waals surface area (Å²) in [6, 6.07) is 17.0. The second kappa shape index (κ2) is 11.4.